The molecule has 0 unspecified atom stereocenters. The van der Waals surface area contributed by atoms with Crippen LogP contribution in [0.15, 0.2) is 54.6 Å². The number of methoxy groups -OCH3 is 1. The highest BCUT2D eigenvalue weighted by atomic mass is 35.5. The number of Topliss-reactive ketones (excluding diaryl/α,β-unsaturated/α-hetero) is 2. The van der Waals surface area contributed by atoms with Gasteiger partial charge in [0.15, 0.2) is 11.6 Å². The Morgan fingerprint density at radius 1 is 0.778 bits per heavy atom. The number of ketones is 2. The summed E-state index contributed by atoms with van der Waals surface area (Å²) in [4.78, 5) is 29.0. The molecule has 0 N–H and O–H groups in total. The van der Waals surface area contributed by atoms with Gasteiger partial charge in [-0.2, -0.15) is 0 Å². The first-order valence-electron chi connectivity index (χ1n) is 8.86. The van der Waals surface area contributed by atoms with E-state index in [9.17, 15) is 9.59 Å². The van der Waals surface area contributed by atoms with Gasteiger partial charge in [0.25, 0.3) is 0 Å². The molecule has 0 aliphatic carbocycles. The molecule has 3 rings (SSSR count). The zero-order valence-corrected chi connectivity index (χ0v) is 16.3. The minimum atomic E-state index is 0. The summed E-state index contributed by atoms with van der Waals surface area (Å²) in [7, 11) is 1.61. The predicted octanol–water partition coefficient (Wildman–Crippen LogP) is 2.80. The second-order valence-electron chi connectivity index (χ2n) is 6.49. The van der Waals surface area contributed by atoms with Crippen molar-refractivity contribution >= 4 is 24.0 Å². The van der Waals surface area contributed by atoms with Crippen LogP contribution >= 0.6 is 12.4 Å². The van der Waals surface area contributed by atoms with Crippen LogP contribution in [0.1, 0.15) is 20.7 Å². The van der Waals surface area contributed by atoms with Gasteiger partial charge in [-0.25, -0.2) is 0 Å². The summed E-state index contributed by atoms with van der Waals surface area (Å²) in [6.45, 7) is 4.04. The largest absolute Gasteiger partial charge is 0.497 e. The molecule has 0 spiro atoms. The van der Waals surface area contributed by atoms with Gasteiger partial charge in [0.1, 0.15) is 5.75 Å². The summed E-state index contributed by atoms with van der Waals surface area (Å²) in [5.74, 6) is 1.01. The molecule has 144 valence electrons. The van der Waals surface area contributed by atoms with Crippen LogP contribution in [0.5, 0.6) is 5.75 Å². The molecule has 6 heteroatoms. The zero-order chi connectivity index (χ0) is 18.4. The average molecular weight is 389 g/mol. The van der Waals surface area contributed by atoms with E-state index in [0.29, 0.717) is 18.7 Å². The fourth-order valence-corrected chi connectivity index (χ4v) is 3.10. The van der Waals surface area contributed by atoms with E-state index in [0.717, 1.165) is 37.5 Å². The van der Waals surface area contributed by atoms with Gasteiger partial charge in [-0.15, -0.1) is 12.4 Å². The van der Waals surface area contributed by atoms with E-state index < -0.39 is 0 Å². The van der Waals surface area contributed by atoms with Gasteiger partial charge in [0, 0.05) is 37.3 Å². The molecule has 1 aliphatic heterocycles. The molecular weight excluding hydrogens is 364 g/mol. The van der Waals surface area contributed by atoms with E-state index in [1.807, 2.05) is 30.3 Å². The number of rotatable bonds is 7. The third-order valence-corrected chi connectivity index (χ3v) is 4.71. The van der Waals surface area contributed by atoms with Gasteiger partial charge >= 0.3 is 0 Å². The lowest BCUT2D eigenvalue weighted by Crippen LogP contribution is -2.49. The van der Waals surface area contributed by atoms with Crippen molar-refractivity contribution in [2.75, 3.05) is 46.4 Å². The lowest BCUT2D eigenvalue weighted by atomic mass is 10.1. The van der Waals surface area contributed by atoms with Crippen LogP contribution in [0.3, 0.4) is 0 Å². The van der Waals surface area contributed by atoms with Crippen LogP contribution in [-0.4, -0.2) is 67.7 Å². The maximum Gasteiger partial charge on any atom is 0.176 e. The Morgan fingerprint density at radius 2 is 1.22 bits per heavy atom. The highest BCUT2D eigenvalue weighted by molar-refractivity contribution is 5.98. The number of benzene rings is 2. The van der Waals surface area contributed by atoms with Crippen molar-refractivity contribution in [1.29, 1.82) is 0 Å². The monoisotopic (exact) mass is 388 g/mol. The van der Waals surface area contributed by atoms with Crippen molar-refractivity contribution in [3.05, 3.63) is 65.7 Å². The Morgan fingerprint density at radius 3 is 1.67 bits per heavy atom. The molecule has 2 aromatic rings. The second kappa shape index (κ2) is 10.2. The number of nitrogens with zero attached hydrogens (tertiary/aromatic N) is 2. The molecule has 0 radical (unpaired) electrons. The quantitative estimate of drug-likeness (QED) is 0.683. The minimum absolute atomic E-state index is 0. The summed E-state index contributed by atoms with van der Waals surface area (Å²) in [5, 5.41) is 0. The fourth-order valence-electron chi connectivity index (χ4n) is 3.10. The van der Waals surface area contributed by atoms with Crippen molar-refractivity contribution in [1.82, 2.24) is 9.80 Å². The zero-order valence-electron chi connectivity index (χ0n) is 15.5. The molecule has 0 saturated carbocycles. The standard InChI is InChI=1S/C21H24N2O3.ClH/c1-26-19-9-7-18(8-10-19)21(25)16-23-13-11-22(12-14-23)15-20(24)17-5-3-2-4-6-17;/h2-10H,11-16H2,1H3;1H. The van der Waals surface area contributed by atoms with E-state index >= 15 is 0 Å². The van der Waals surface area contributed by atoms with Crippen molar-refractivity contribution < 1.29 is 14.3 Å². The molecule has 1 fully saturated rings. The maximum atomic E-state index is 12.4. The van der Waals surface area contributed by atoms with Crippen LogP contribution in [-0.2, 0) is 0 Å². The van der Waals surface area contributed by atoms with Crippen molar-refractivity contribution in [2.24, 2.45) is 0 Å². The first-order valence-corrected chi connectivity index (χ1v) is 8.86. The topological polar surface area (TPSA) is 49.9 Å². The molecule has 1 saturated heterocycles. The van der Waals surface area contributed by atoms with Gasteiger partial charge in [0.05, 0.1) is 20.2 Å². The molecule has 2 aromatic carbocycles. The Bertz CT molecular complexity index is 742. The lowest BCUT2D eigenvalue weighted by molar-refractivity contribution is 0.0783. The Hall–Kier alpha value is -2.21. The number of piperazine rings is 1. The molecule has 0 bridgehead atoms. The van der Waals surface area contributed by atoms with E-state index in [1.54, 1.807) is 31.4 Å². The number of carbonyl (C=O) groups excluding carboxylic acids is 2. The Kier molecular flexibility index (Phi) is 7.98. The molecule has 0 aromatic heterocycles. The average Bonchev–Trinajstić information content (AvgIpc) is 2.70. The number of hydrogen-bond acceptors (Lipinski definition) is 5. The highest BCUT2D eigenvalue weighted by Gasteiger charge is 2.21. The predicted molar refractivity (Wildman–Crippen MR) is 108 cm³/mol. The lowest BCUT2D eigenvalue weighted by Gasteiger charge is -2.33. The smallest absolute Gasteiger partial charge is 0.176 e. The first kappa shape index (κ1) is 21.1. The van der Waals surface area contributed by atoms with Crippen LogP contribution in [0.4, 0.5) is 0 Å². The number of hydrogen-bond donors (Lipinski definition) is 0. The molecule has 1 aliphatic rings. The van der Waals surface area contributed by atoms with E-state index in [2.05, 4.69) is 9.80 Å². The van der Waals surface area contributed by atoms with E-state index in [-0.39, 0.29) is 24.0 Å². The minimum Gasteiger partial charge on any atom is -0.497 e. The molecule has 27 heavy (non-hydrogen) atoms. The Labute approximate surface area is 166 Å². The number of carbonyl (C=O) groups is 2. The summed E-state index contributed by atoms with van der Waals surface area (Å²) >= 11 is 0. The van der Waals surface area contributed by atoms with E-state index in [4.69, 9.17) is 4.74 Å². The SMILES string of the molecule is COc1ccc(C(=O)CN2CCN(CC(=O)c3ccccc3)CC2)cc1.Cl. The van der Waals surface area contributed by atoms with Crippen LogP contribution < -0.4 is 4.74 Å². The van der Waals surface area contributed by atoms with Crippen molar-refractivity contribution in [2.45, 2.75) is 0 Å². The van der Waals surface area contributed by atoms with Gasteiger partial charge in [-0.3, -0.25) is 19.4 Å². The van der Waals surface area contributed by atoms with Crippen molar-refractivity contribution in [3.63, 3.8) is 0 Å². The molecule has 0 amide bonds. The molecule has 1 heterocycles. The molecular formula is C21H25ClN2O3. The van der Waals surface area contributed by atoms with E-state index in [1.165, 1.54) is 0 Å². The summed E-state index contributed by atoms with van der Waals surface area (Å²) in [5.41, 5.74) is 1.46. The molecule has 0 atom stereocenters. The summed E-state index contributed by atoms with van der Waals surface area (Å²) < 4.78 is 5.12. The highest BCUT2D eigenvalue weighted by Crippen LogP contribution is 2.13. The second-order valence-corrected chi connectivity index (χ2v) is 6.49. The van der Waals surface area contributed by atoms with Crippen LogP contribution in [0, 0.1) is 0 Å². The van der Waals surface area contributed by atoms with Crippen LogP contribution in [0.2, 0.25) is 0 Å². The third kappa shape index (κ3) is 5.89. The summed E-state index contributed by atoms with van der Waals surface area (Å²) in [6, 6.07) is 16.6. The number of halogens is 1. The van der Waals surface area contributed by atoms with Gasteiger partial charge in [0.2, 0.25) is 0 Å². The fraction of sp³-hybridized carbons (Fsp3) is 0.333. The van der Waals surface area contributed by atoms with Gasteiger partial charge < -0.3 is 4.74 Å². The Balaban J connectivity index is 0.00000261. The van der Waals surface area contributed by atoms with Gasteiger partial charge in [-0.05, 0) is 24.3 Å². The summed E-state index contributed by atoms with van der Waals surface area (Å²) in [6.07, 6.45) is 0. The normalized spacial score (nSPS) is 15.0. The van der Waals surface area contributed by atoms with Gasteiger partial charge in [-0.1, -0.05) is 30.3 Å². The maximum absolute atomic E-state index is 12.4. The first-order chi connectivity index (χ1) is 12.7. The van der Waals surface area contributed by atoms with Crippen molar-refractivity contribution in [3.8, 4) is 5.75 Å². The van der Waals surface area contributed by atoms with Crippen LogP contribution in [0.25, 0.3) is 0 Å². The molecule has 5 nitrogen and oxygen atoms in total. The number of ether oxygens (including phenoxy) is 1. The third-order valence-electron chi connectivity index (χ3n) is 4.71.